The van der Waals surface area contributed by atoms with Crippen LogP contribution in [0.3, 0.4) is 0 Å². The zero-order valence-electron chi connectivity index (χ0n) is 17.0. The first kappa shape index (κ1) is 21.0. The van der Waals surface area contributed by atoms with E-state index in [9.17, 15) is 14.0 Å². The van der Waals surface area contributed by atoms with Crippen molar-refractivity contribution in [3.05, 3.63) is 65.5 Å². The Morgan fingerprint density at radius 1 is 1.03 bits per heavy atom. The van der Waals surface area contributed by atoms with Gasteiger partial charge in [0, 0.05) is 37.4 Å². The number of carbonyl (C=O) groups is 2. The summed E-state index contributed by atoms with van der Waals surface area (Å²) < 4.78 is 13.1. The van der Waals surface area contributed by atoms with Crippen molar-refractivity contribution in [1.82, 2.24) is 9.80 Å². The molecule has 0 radical (unpaired) electrons. The molecule has 0 aromatic heterocycles. The van der Waals surface area contributed by atoms with E-state index in [0.717, 1.165) is 18.7 Å². The summed E-state index contributed by atoms with van der Waals surface area (Å²) in [6.07, 6.45) is 0.795. The quantitative estimate of drug-likeness (QED) is 0.836. The van der Waals surface area contributed by atoms with Gasteiger partial charge in [0.15, 0.2) is 0 Å². The Labute approximate surface area is 171 Å². The van der Waals surface area contributed by atoms with Crippen molar-refractivity contribution in [1.29, 1.82) is 0 Å². The summed E-state index contributed by atoms with van der Waals surface area (Å²) in [7, 11) is 0. The first-order valence-electron chi connectivity index (χ1n) is 10.1. The number of hydrogen-bond donors (Lipinski definition) is 1. The highest BCUT2D eigenvalue weighted by atomic mass is 19.1. The number of nitrogens with zero attached hydrogens (tertiary/aromatic N) is 2. The first-order valence-corrected chi connectivity index (χ1v) is 10.1. The minimum Gasteiger partial charge on any atom is -0.337 e. The fourth-order valence-corrected chi connectivity index (χ4v) is 3.49. The average molecular weight is 397 g/mol. The first-order chi connectivity index (χ1) is 13.9. The summed E-state index contributed by atoms with van der Waals surface area (Å²) in [6, 6.07) is 13.5. The van der Waals surface area contributed by atoms with Gasteiger partial charge in [0.2, 0.25) is 5.91 Å². The minimum atomic E-state index is -0.353. The number of anilines is 1. The van der Waals surface area contributed by atoms with Gasteiger partial charge in [0.25, 0.3) is 5.91 Å². The minimum absolute atomic E-state index is 0.0517. The molecule has 1 heterocycles. The van der Waals surface area contributed by atoms with Crippen LogP contribution >= 0.6 is 0 Å². The summed E-state index contributed by atoms with van der Waals surface area (Å²) in [5.41, 5.74) is 2.49. The molecule has 2 aromatic carbocycles. The normalized spacial score (nSPS) is 15.2. The lowest BCUT2D eigenvalue weighted by Gasteiger charge is -2.22. The molecule has 154 valence electrons. The standard InChI is InChI=1S/C23H28FN3O2/c1-17(2)19-5-3-6-21(15-19)25-22(28)16-26-11-4-12-27(14-13-26)23(29)18-7-9-20(24)10-8-18/h3,5-10,15,17H,4,11-14,16H2,1-2H3,(H,25,28). The van der Waals surface area contributed by atoms with Crippen LogP contribution in [-0.2, 0) is 4.79 Å². The Kier molecular flexibility index (Phi) is 6.99. The average Bonchev–Trinajstić information content (AvgIpc) is 2.93. The molecular formula is C23H28FN3O2. The monoisotopic (exact) mass is 397 g/mol. The van der Waals surface area contributed by atoms with E-state index in [1.54, 1.807) is 4.90 Å². The molecule has 2 aromatic rings. The lowest BCUT2D eigenvalue weighted by molar-refractivity contribution is -0.117. The second-order valence-corrected chi connectivity index (χ2v) is 7.76. The number of benzene rings is 2. The van der Waals surface area contributed by atoms with Gasteiger partial charge in [-0.1, -0.05) is 26.0 Å². The molecule has 0 spiro atoms. The highest BCUT2D eigenvalue weighted by Crippen LogP contribution is 2.18. The SMILES string of the molecule is CC(C)c1cccc(NC(=O)CN2CCCN(C(=O)c3ccc(F)cc3)CC2)c1. The van der Waals surface area contributed by atoms with E-state index < -0.39 is 0 Å². The zero-order valence-corrected chi connectivity index (χ0v) is 17.0. The molecule has 0 bridgehead atoms. The predicted octanol–water partition coefficient (Wildman–Crippen LogP) is 3.74. The van der Waals surface area contributed by atoms with Crippen molar-refractivity contribution in [2.75, 3.05) is 38.0 Å². The van der Waals surface area contributed by atoms with Crippen LogP contribution in [0.2, 0.25) is 0 Å². The Balaban J connectivity index is 1.53. The zero-order chi connectivity index (χ0) is 20.8. The highest BCUT2D eigenvalue weighted by Gasteiger charge is 2.21. The van der Waals surface area contributed by atoms with E-state index in [1.165, 1.54) is 29.8 Å². The summed E-state index contributed by atoms with van der Waals surface area (Å²) in [6.45, 7) is 7.11. The molecule has 1 aliphatic rings. The summed E-state index contributed by atoms with van der Waals surface area (Å²) >= 11 is 0. The summed E-state index contributed by atoms with van der Waals surface area (Å²) in [5.74, 6) is -0.0957. The molecule has 2 amide bonds. The second-order valence-electron chi connectivity index (χ2n) is 7.76. The van der Waals surface area contributed by atoms with E-state index in [2.05, 4.69) is 30.1 Å². The fraction of sp³-hybridized carbons (Fsp3) is 0.391. The van der Waals surface area contributed by atoms with Gasteiger partial charge in [-0.3, -0.25) is 14.5 Å². The lowest BCUT2D eigenvalue weighted by Crippen LogP contribution is -2.38. The molecule has 0 saturated carbocycles. The van der Waals surface area contributed by atoms with E-state index in [1.807, 2.05) is 18.2 Å². The number of nitrogens with one attached hydrogen (secondary N) is 1. The van der Waals surface area contributed by atoms with Crippen LogP contribution in [0, 0.1) is 5.82 Å². The molecule has 29 heavy (non-hydrogen) atoms. The van der Waals surface area contributed by atoms with Crippen LogP contribution in [0.1, 0.15) is 42.1 Å². The predicted molar refractivity (Wildman–Crippen MR) is 113 cm³/mol. The van der Waals surface area contributed by atoms with Crippen molar-refractivity contribution < 1.29 is 14.0 Å². The molecule has 1 aliphatic heterocycles. The highest BCUT2D eigenvalue weighted by molar-refractivity contribution is 5.94. The Morgan fingerprint density at radius 3 is 2.52 bits per heavy atom. The van der Waals surface area contributed by atoms with Crippen LogP contribution in [0.15, 0.2) is 48.5 Å². The van der Waals surface area contributed by atoms with Gasteiger partial charge in [0.05, 0.1) is 6.54 Å². The van der Waals surface area contributed by atoms with Crippen LogP contribution in [0.5, 0.6) is 0 Å². The van der Waals surface area contributed by atoms with Crippen molar-refractivity contribution in [3.63, 3.8) is 0 Å². The van der Waals surface area contributed by atoms with Crippen molar-refractivity contribution in [3.8, 4) is 0 Å². The van der Waals surface area contributed by atoms with Gasteiger partial charge in [-0.2, -0.15) is 0 Å². The third-order valence-electron chi connectivity index (χ3n) is 5.17. The topological polar surface area (TPSA) is 52.7 Å². The van der Waals surface area contributed by atoms with Gasteiger partial charge in [-0.05, 0) is 54.3 Å². The number of rotatable bonds is 5. The van der Waals surface area contributed by atoms with Crippen LogP contribution < -0.4 is 5.32 Å². The van der Waals surface area contributed by atoms with Gasteiger partial charge in [-0.25, -0.2) is 4.39 Å². The van der Waals surface area contributed by atoms with E-state index >= 15 is 0 Å². The second kappa shape index (κ2) is 9.65. The van der Waals surface area contributed by atoms with Gasteiger partial charge in [-0.15, -0.1) is 0 Å². The van der Waals surface area contributed by atoms with Gasteiger partial charge >= 0.3 is 0 Å². The Bertz CT molecular complexity index is 851. The lowest BCUT2D eigenvalue weighted by atomic mass is 10.0. The van der Waals surface area contributed by atoms with Gasteiger partial charge < -0.3 is 10.2 Å². The van der Waals surface area contributed by atoms with Gasteiger partial charge in [0.1, 0.15) is 5.82 Å². The fourth-order valence-electron chi connectivity index (χ4n) is 3.49. The van der Waals surface area contributed by atoms with Crippen molar-refractivity contribution in [2.24, 2.45) is 0 Å². The number of carbonyl (C=O) groups excluding carboxylic acids is 2. The van der Waals surface area contributed by atoms with E-state index in [4.69, 9.17) is 0 Å². The largest absolute Gasteiger partial charge is 0.337 e. The maximum Gasteiger partial charge on any atom is 0.253 e. The molecule has 0 unspecified atom stereocenters. The molecule has 6 heteroatoms. The molecule has 1 saturated heterocycles. The molecule has 5 nitrogen and oxygen atoms in total. The number of amides is 2. The van der Waals surface area contributed by atoms with Crippen molar-refractivity contribution in [2.45, 2.75) is 26.2 Å². The third kappa shape index (κ3) is 5.87. The third-order valence-corrected chi connectivity index (χ3v) is 5.17. The van der Waals surface area contributed by atoms with Crippen molar-refractivity contribution >= 4 is 17.5 Å². The number of halogens is 1. The molecule has 0 atom stereocenters. The number of hydrogen-bond acceptors (Lipinski definition) is 3. The molecule has 1 fully saturated rings. The molecule has 0 aliphatic carbocycles. The van der Waals surface area contributed by atoms with Crippen LogP contribution in [-0.4, -0.2) is 54.3 Å². The smallest absolute Gasteiger partial charge is 0.253 e. The maximum absolute atomic E-state index is 13.1. The van der Waals surface area contributed by atoms with E-state index in [0.29, 0.717) is 37.7 Å². The maximum atomic E-state index is 13.1. The molecule has 1 N–H and O–H groups in total. The van der Waals surface area contributed by atoms with Crippen LogP contribution in [0.25, 0.3) is 0 Å². The summed E-state index contributed by atoms with van der Waals surface area (Å²) in [5, 5.41) is 2.97. The van der Waals surface area contributed by atoms with E-state index in [-0.39, 0.29) is 17.6 Å². The molecular weight excluding hydrogens is 369 g/mol. The van der Waals surface area contributed by atoms with Crippen LogP contribution in [0.4, 0.5) is 10.1 Å². The Morgan fingerprint density at radius 2 is 1.79 bits per heavy atom. The summed E-state index contributed by atoms with van der Waals surface area (Å²) in [4.78, 5) is 28.9. The molecule has 3 rings (SSSR count). The Hall–Kier alpha value is -2.73.